The van der Waals surface area contributed by atoms with Crippen LogP contribution in [0.1, 0.15) is 33.6 Å². The van der Waals surface area contributed by atoms with Gasteiger partial charge in [-0.05, 0) is 5.92 Å². The SMILES string of the molecule is CCC(C)C.O=[P+]1O[CH-]C[CH-]O1.[V].[W]. The Balaban J connectivity index is -0.000000159. The van der Waals surface area contributed by atoms with E-state index in [-0.39, 0.29) is 39.6 Å². The molecule has 0 aromatic carbocycles. The van der Waals surface area contributed by atoms with Gasteiger partial charge in [0.05, 0.1) is 0 Å². The van der Waals surface area contributed by atoms with Crippen molar-refractivity contribution in [2.24, 2.45) is 5.92 Å². The second kappa shape index (κ2) is 14.3. The van der Waals surface area contributed by atoms with Gasteiger partial charge >= 0.3 is 8.25 Å². The summed E-state index contributed by atoms with van der Waals surface area (Å²) in [6, 6.07) is 0. The molecule has 14 heavy (non-hydrogen) atoms. The first kappa shape index (κ1) is 20.7. The zero-order valence-corrected chi connectivity index (χ0v) is 13.9. The number of hydrogen-bond donors (Lipinski definition) is 0. The smallest absolute Gasteiger partial charge is 0.297 e. The first-order valence-corrected chi connectivity index (χ1v) is 5.20. The van der Waals surface area contributed by atoms with Crippen LogP contribution in [-0.4, -0.2) is 0 Å². The summed E-state index contributed by atoms with van der Waals surface area (Å²) in [6.07, 6.45) is 1.92. The molecule has 1 aliphatic rings. The van der Waals surface area contributed by atoms with Gasteiger partial charge in [-0.25, -0.2) is 0 Å². The Morgan fingerprint density at radius 1 is 1.36 bits per heavy atom. The Kier molecular flexibility index (Phi) is 21.1. The summed E-state index contributed by atoms with van der Waals surface area (Å²) in [4.78, 5) is 0. The van der Waals surface area contributed by atoms with Crippen molar-refractivity contribution in [2.75, 3.05) is 0 Å². The molecule has 0 unspecified atom stereocenters. The van der Waals surface area contributed by atoms with Gasteiger partial charge < -0.3 is 0 Å². The fourth-order valence-corrected chi connectivity index (χ4v) is 0.737. The van der Waals surface area contributed by atoms with E-state index in [0.717, 1.165) is 5.92 Å². The minimum atomic E-state index is -1.85. The number of hydrogen-bond acceptors (Lipinski definition) is 3. The average molecular weight is 426 g/mol. The van der Waals surface area contributed by atoms with Crippen molar-refractivity contribution in [3.8, 4) is 0 Å². The molecule has 0 saturated carbocycles. The van der Waals surface area contributed by atoms with Crippen molar-refractivity contribution in [1.82, 2.24) is 0 Å². The van der Waals surface area contributed by atoms with Crippen LogP contribution in [-0.2, 0) is 53.2 Å². The summed E-state index contributed by atoms with van der Waals surface area (Å²) in [7, 11) is -1.85. The molecule has 6 heteroatoms. The average Bonchev–Trinajstić information content (AvgIpc) is 2.07. The molecular weight excluding hydrogens is 410 g/mol. The zero-order valence-electron chi connectivity index (χ0n) is 8.67. The Labute approximate surface area is 114 Å². The maximum atomic E-state index is 10.1. The Bertz CT molecular complexity index is 128. The first-order valence-electron chi connectivity index (χ1n) is 4.11. The van der Waals surface area contributed by atoms with Crippen LogP contribution in [0.4, 0.5) is 0 Å². The molecule has 1 rings (SSSR count). The van der Waals surface area contributed by atoms with Crippen LogP contribution in [0, 0.1) is 19.1 Å². The van der Waals surface area contributed by atoms with Crippen LogP contribution >= 0.6 is 8.25 Å². The summed E-state index contributed by atoms with van der Waals surface area (Å²) < 4.78 is 18.9. The van der Waals surface area contributed by atoms with Crippen LogP contribution in [0.5, 0.6) is 0 Å². The van der Waals surface area contributed by atoms with Crippen LogP contribution in [0.25, 0.3) is 0 Å². The Morgan fingerprint density at radius 2 is 1.71 bits per heavy atom. The van der Waals surface area contributed by atoms with E-state index in [1.807, 2.05) is 0 Å². The van der Waals surface area contributed by atoms with Gasteiger partial charge in [0.15, 0.2) is 0 Å². The maximum absolute atomic E-state index is 10.1. The van der Waals surface area contributed by atoms with E-state index >= 15 is 0 Å². The van der Waals surface area contributed by atoms with E-state index in [1.54, 1.807) is 0 Å². The van der Waals surface area contributed by atoms with E-state index < -0.39 is 8.25 Å². The molecule has 83 valence electrons. The van der Waals surface area contributed by atoms with Crippen molar-refractivity contribution >= 4 is 8.25 Å². The van der Waals surface area contributed by atoms with Crippen molar-refractivity contribution in [3.05, 3.63) is 13.2 Å². The maximum Gasteiger partial charge on any atom is 0.630 e. The molecule has 0 aromatic heterocycles. The summed E-state index contributed by atoms with van der Waals surface area (Å²) >= 11 is 0. The molecular formula is C8H16O3PVW-. The molecule has 0 aliphatic carbocycles. The van der Waals surface area contributed by atoms with E-state index in [2.05, 4.69) is 29.8 Å². The van der Waals surface area contributed by atoms with Crippen molar-refractivity contribution in [3.63, 3.8) is 0 Å². The van der Waals surface area contributed by atoms with E-state index in [9.17, 15) is 4.57 Å². The molecule has 0 N–H and O–H groups in total. The van der Waals surface area contributed by atoms with Gasteiger partial charge in [-0.3, -0.25) is 15.5 Å². The van der Waals surface area contributed by atoms with Crippen LogP contribution in [0.15, 0.2) is 0 Å². The monoisotopic (exact) mass is 426 g/mol. The zero-order chi connectivity index (χ0) is 9.40. The summed E-state index contributed by atoms with van der Waals surface area (Å²) in [5, 5.41) is 0. The molecule has 1 heterocycles. The van der Waals surface area contributed by atoms with E-state index in [1.165, 1.54) is 19.6 Å². The van der Waals surface area contributed by atoms with Gasteiger partial charge in [-0.2, -0.15) is 13.2 Å². The van der Waals surface area contributed by atoms with Crippen molar-refractivity contribution in [2.45, 2.75) is 33.6 Å². The molecule has 0 atom stereocenters. The van der Waals surface area contributed by atoms with E-state index in [4.69, 9.17) is 0 Å². The minimum Gasteiger partial charge on any atom is -0.297 e. The molecule has 0 aromatic rings. The van der Waals surface area contributed by atoms with Gasteiger partial charge in [0.25, 0.3) is 0 Å². The minimum absolute atomic E-state index is 0. The second-order valence-corrected chi connectivity index (χ2v) is 3.67. The molecule has 1 aliphatic heterocycles. The van der Waals surface area contributed by atoms with Crippen LogP contribution in [0.3, 0.4) is 0 Å². The predicted molar refractivity (Wildman–Crippen MR) is 48.1 cm³/mol. The molecule has 0 bridgehead atoms. The number of rotatable bonds is 1. The van der Waals surface area contributed by atoms with Gasteiger partial charge in [0.2, 0.25) is 0 Å². The third-order valence-corrected chi connectivity index (χ3v) is 1.97. The van der Waals surface area contributed by atoms with Gasteiger partial charge in [0, 0.05) is 44.2 Å². The third kappa shape index (κ3) is 15.8. The van der Waals surface area contributed by atoms with Crippen LogP contribution in [0.2, 0.25) is 0 Å². The predicted octanol–water partition coefficient (Wildman–Crippen LogP) is 3.45. The fraction of sp³-hybridized carbons (Fsp3) is 0.750. The molecule has 1 fully saturated rings. The normalized spacial score (nSPS) is 14.7. The second-order valence-electron chi connectivity index (χ2n) is 2.81. The summed E-state index contributed by atoms with van der Waals surface area (Å²) in [5.41, 5.74) is 0. The Morgan fingerprint density at radius 3 is 1.86 bits per heavy atom. The van der Waals surface area contributed by atoms with Gasteiger partial charge in [-0.15, -0.1) is 0 Å². The van der Waals surface area contributed by atoms with Crippen LogP contribution < -0.4 is 0 Å². The van der Waals surface area contributed by atoms with Crippen molar-refractivity contribution < 1.29 is 53.2 Å². The molecule has 1 radical (unpaired) electrons. The fourth-order valence-electron chi connectivity index (χ4n) is 0.272. The van der Waals surface area contributed by atoms with Gasteiger partial charge in [-0.1, -0.05) is 27.2 Å². The standard InChI is InChI=1S/C5H12.C3H4O3P.V.W/c1-4-5(2)3;4-7-5-2-1-3-6-7;;/h5H,4H2,1-3H3;2-3H,1H2;;/q;-1;;. The first-order chi connectivity index (χ1) is 5.66. The Hall–Kier alpha value is 1.29. The third-order valence-electron chi connectivity index (χ3n) is 1.33. The molecule has 0 spiro atoms. The quantitative estimate of drug-likeness (QED) is 0.477. The van der Waals surface area contributed by atoms with E-state index in [0.29, 0.717) is 6.42 Å². The molecule has 1 saturated heterocycles. The largest absolute Gasteiger partial charge is 0.630 e. The molecule has 0 amide bonds. The summed E-state index contributed by atoms with van der Waals surface area (Å²) in [5.74, 6) is 0.884. The topological polar surface area (TPSA) is 35.5 Å². The summed E-state index contributed by atoms with van der Waals surface area (Å²) in [6.45, 7) is 9.54. The van der Waals surface area contributed by atoms with Gasteiger partial charge in [0.1, 0.15) is 0 Å². The molecule has 3 nitrogen and oxygen atoms in total. The van der Waals surface area contributed by atoms with Crippen molar-refractivity contribution in [1.29, 1.82) is 0 Å².